The van der Waals surface area contributed by atoms with Crippen molar-refractivity contribution in [2.45, 2.75) is 150 Å². The van der Waals surface area contributed by atoms with E-state index < -0.39 is 0 Å². The van der Waals surface area contributed by atoms with Gasteiger partial charge in [-0.3, -0.25) is 14.8 Å². The number of aromatic hydroxyl groups is 2. The van der Waals surface area contributed by atoms with Crippen LogP contribution in [0, 0.1) is 5.92 Å². The molecule has 428 valence electrons. The lowest BCUT2D eigenvalue weighted by atomic mass is 9.74. The summed E-state index contributed by atoms with van der Waals surface area (Å²) in [5.41, 5.74) is 19.3. The van der Waals surface area contributed by atoms with Crippen LogP contribution < -0.4 is 5.73 Å². The van der Waals surface area contributed by atoms with Crippen molar-refractivity contribution in [1.29, 1.82) is 0 Å². The Labute approximate surface area is 489 Å². The maximum atomic E-state index is 11.8. The van der Waals surface area contributed by atoms with Crippen LogP contribution >= 0.6 is 0 Å². The number of phenols is 2. The Morgan fingerprint density at radius 3 is 1.43 bits per heavy atom. The minimum atomic E-state index is 0.148. The number of nitrogens with zero attached hydrogens (tertiary/aromatic N) is 2. The van der Waals surface area contributed by atoms with Gasteiger partial charge in [0.05, 0.1) is 6.04 Å². The van der Waals surface area contributed by atoms with E-state index in [2.05, 4.69) is 198 Å². The molecule has 8 rings (SSSR count). The van der Waals surface area contributed by atoms with Crippen LogP contribution in [-0.2, 0) is 11.2 Å². The number of carbonyl (C=O) groups excluding carboxylic acids is 1. The molecule has 0 saturated heterocycles. The van der Waals surface area contributed by atoms with Crippen LogP contribution in [0.1, 0.15) is 170 Å². The fourth-order valence-electron chi connectivity index (χ4n) is 10.2. The average molecular weight is 1090 g/mol. The average Bonchev–Trinajstić information content (AvgIpc) is 3.82. The summed E-state index contributed by atoms with van der Waals surface area (Å²) in [6, 6.07) is 64.6. The number of hydrogen-bond donors (Lipinski definition) is 3. The van der Waals surface area contributed by atoms with E-state index >= 15 is 0 Å². The van der Waals surface area contributed by atoms with Crippen molar-refractivity contribution in [2.24, 2.45) is 21.6 Å². The fraction of sp³-hybridized carbons (Fsp3) is 0.320. The predicted molar refractivity (Wildman–Crippen MR) is 350 cm³/mol. The number of nitrogens with two attached hydrogens (primary N) is 1. The summed E-state index contributed by atoms with van der Waals surface area (Å²) in [5.74, 6) is 2.46. The third kappa shape index (κ3) is 22.8. The molecule has 0 aliphatic heterocycles. The Hall–Kier alpha value is -7.67. The van der Waals surface area contributed by atoms with Gasteiger partial charge in [0, 0.05) is 41.3 Å². The van der Waals surface area contributed by atoms with Crippen molar-refractivity contribution >= 4 is 18.7 Å². The van der Waals surface area contributed by atoms with Gasteiger partial charge in [0.2, 0.25) is 0 Å². The first-order valence-electron chi connectivity index (χ1n) is 29.3. The molecule has 0 radical (unpaired) electrons. The summed E-state index contributed by atoms with van der Waals surface area (Å²) in [5, 5.41) is 18.4. The number of aryl methyl sites for hydroxylation is 1. The minimum Gasteiger partial charge on any atom is -0.508 e. The van der Waals surface area contributed by atoms with Gasteiger partial charge >= 0.3 is 0 Å². The van der Waals surface area contributed by atoms with Crippen molar-refractivity contribution in [3.05, 3.63) is 264 Å². The number of unbranched alkanes of at least 4 members (excludes halogenated alkanes) is 1. The first-order valence-corrected chi connectivity index (χ1v) is 29.3. The highest BCUT2D eigenvalue weighted by molar-refractivity contribution is 5.94. The van der Waals surface area contributed by atoms with E-state index in [-0.39, 0.29) is 29.2 Å². The Bertz CT molecular complexity index is 2780. The quantitative estimate of drug-likeness (QED) is 0.0306. The zero-order valence-corrected chi connectivity index (χ0v) is 50.4. The summed E-state index contributed by atoms with van der Waals surface area (Å²) < 4.78 is 0. The first-order chi connectivity index (χ1) is 39.3. The molecule has 3 atom stereocenters. The van der Waals surface area contributed by atoms with E-state index in [4.69, 9.17) is 5.73 Å². The van der Waals surface area contributed by atoms with E-state index in [9.17, 15) is 15.0 Å². The number of rotatable bonds is 20. The van der Waals surface area contributed by atoms with Gasteiger partial charge in [0.25, 0.3) is 0 Å². The molecule has 0 fully saturated rings. The summed E-state index contributed by atoms with van der Waals surface area (Å²) in [7, 11) is 0. The maximum Gasteiger partial charge on any atom is 0.157 e. The molecule has 7 aromatic carbocycles. The molecule has 0 heterocycles. The molecule has 1 aliphatic carbocycles. The van der Waals surface area contributed by atoms with E-state index in [1.807, 2.05) is 51.1 Å². The summed E-state index contributed by atoms with van der Waals surface area (Å²) >= 11 is 0. The monoisotopic (exact) mass is 1090 g/mol. The van der Waals surface area contributed by atoms with Crippen LogP contribution in [0.4, 0.5) is 0 Å². The highest BCUT2D eigenvalue weighted by atomic mass is 16.3. The van der Waals surface area contributed by atoms with Gasteiger partial charge in [-0.25, -0.2) is 0 Å². The number of fused-ring (bicyclic) bond motifs is 3. The summed E-state index contributed by atoms with van der Waals surface area (Å²) in [6.07, 6.45) is 14.7. The smallest absolute Gasteiger partial charge is 0.157 e. The van der Waals surface area contributed by atoms with Crippen molar-refractivity contribution < 1.29 is 15.0 Å². The second kappa shape index (κ2) is 38.8. The molecule has 0 bridgehead atoms. The number of benzene rings is 7. The van der Waals surface area contributed by atoms with Crippen LogP contribution in [0.2, 0.25) is 0 Å². The molecule has 7 aromatic rings. The van der Waals surface area contributed by atoms with Gasteiger partial charge in [-0.15, -0.1) is 13.2 Å². The standard InChI is InChI=1S/C21H27N.C18H25NO.C15H14.C14H14O2.C4H9N.C3H6/c1-4-12-19(20(5-2)22-3)21(17-13-8-6-9-14-17)18-15-10-7-11-16-18;1-4-18(19-5-2)17(15(3)20)14-10-9-13-16-11-7-6-8-12-16;1-2-11-12-7-3-5-9-14(12)15-10-6-4-8-13(11)15;1-10(11-2-6-13(15)7-3-11)12-4-8-14(16)9-5-12;1-3-4(2)5;1-3-2/h6-11,13-16,19-21H,3-5,12H2,1-2H3;5-8,11-12H,4,9-10,13-14H2,1-3H3;3-11H,2H2,1H3;2-10,15-16H,1H3;3-4H,1,5H2,2H3;3H,1H2,2H3/b;18-17-,19-5?;;;;. The third-order valence-electron chi connectivity index (χ3n) is 14.4. The van der Waals surface area contributed by atoms with Crippen molar-refractivity contribution in [3.8, 4) is 22.6 Å². The lowest BCUT2D eigenvalue weighted by molar-refractivity contribution is -0.113. The second-order valence-electron chi connectivity index (χ2n) is 20.4. The Balaban J connectivity index is 0.000000273. The van der Waals surface area contributed by atoms with Crippen molar-refractivity contribution in [1.82, 2.24) is 0 Å². The SMILES string of the molecule is C=CC.C=CC(C)N.C=NC(CC)C(CCC)C(c1ccccc1)c1ccccc1.CC(c1ccc(O)cc1)c1ccc(O)cc1.CC=N/C(CC)=C(/CCCCc1ccccc1)C(C)=O.CCC1c2ccccc2-c2ccccc21. The van der Waals surface area contributed by atoms with Crippen molar-refractivity contribution in [2.75, 3.05) is 0 Å². The van der Waals surface area contributed by atoms with Gasteiger partial charge in [-0.2, -0.15) is 0 Å². The zero-order chi connectivity index (χ0) is 59.4. The number of hydrogen-bond acceptors (Lipinski definition) is 6. The molecular formula is C75H95N3O3. The third-order valence-corrected chi connectivity index (χ3v) is 14.4. The Morgan fingerprint density at radius 1 is 0.630 bits per heavy atom. The molecular weight excluding hydrogens is 991 g/mol. The highest BCUT2D eigenvalue weighted by Gasteiger charge is 2.30. The van der Waals surface area contributed by atoms with Gasteiger partial charge < -0.3 is 15.9 Å². The molecule has 0 amide bonds. The van der Waals surface area contributed by atoms with Gasteiger partial charge in [-0.05, 0) is 166 Å². The van der Waals surface area contributed by atoms with Crippen LogP contribution in [0.5, 0.6) is 11.5 Å². The number of aliphatic imine (C=N–C) groups is 2. The normalized spacial score (nSPS) is 12.5. The van der Waals surface area contributed by atoms with Gasteiger partial charge in [-0.1, -0.05) is 217 Å². The molecule has 81 heavy (non-hydrogen) atoms. The number of phenolic OH excluding ortho intramolecular Hbond substituents is 2. The van der Waals surface area contributed by atoms with E-state index in [0.717, 1.165) is 60.9 Å². The summed E-state index contributed by atoms with van der Waals surface area (Å²) in [6.45, 7) is 28.9. The Morgan fingerprint density at radius 2 is 1.06 bits per heavy atom. The van der Waals surface area contributed by atoms with Crippen LogP contribution in [-0.4, -0.2) is 41.0 Å². The van der Waals surface area contributed by atoms with E-state index in [1.54, 1.807) is 49.6 Å². The number of Topliss-reactive ketones (excluding diaryl/α,β-unsaturated/α-hetero) is 1. The number of allylic oxidation sites excluding steroid dienone is 3. The molecule has 3 unspecified atom stereocenters. The first kappa shape index (κ1) is 67.6. The molecule has 6 heteroatoms. The number of ketones is 1. The molecule has 4 N–H and O–H groups in total. The van der Waals surface area contributed by atoms with Gasteiger partial charge in [0.1, 0.15) is 11.5 Å². The molecule has 0 spiro atoms. The molecule has 0 aromatic heterocycles. The topological polar surface area (TPSA) is 108 Å². The molecule has 1 aliphatic rings. The van der Waals surface area contributed by atoms with Crippen LogP contribution in [0.15, 0.2) is 235 Å². The van der Waals surface area contributed by atoms with Crippen LogP contribution in [0.25, 0.3) is 11.1 Å². The number of carbonyl (C=O) groups is 1. The summed E-state index contributed by atoms with van der Waals surface area (Å²) in [4.78, 5) is 20.5. The largest absolute Gasteiger partial charge is 0.508 e. The highest BCUT2D eigenvalue weighted by Crippen LogP contribution is 2.46. The lowest BCUT2D eigenvalue weighted by Crippen LogP contribution is -2.26. The second-order valence-corrected chi connectivity index (χ2v) is 20.4. The van der Waals surface area contributed by atoms with Crippen molar-refractivity contribution in [3.63, 3.8) is 0 Å². The predicted octanol–water partition coefficient (Wildman–Crippen LogP) is 19.6. The maximum absolute atomic E-state index is 11.8. The van der Waals surface area contributed by atoms with Crippen LogP contribution in [0.3, 0.4) is 0 Å². The zero-order valence-electron chi connectivity index (χ0n) is 50.4. The molecule has 0 saturated carbocycles. The Kier molecular flexibility index (Phi) is 32.4. The van der Waals surface area contributed by atoms with E-state index in [1.165, 1.54) is 58.2 Å². The molecule has 6 nitrogen and oxygen atoms in total. The van der Waals surface area contributed by atoms with Gasteiger partial charge in [0.15, 0.2) is 5.78 Å². The fourth-order valence-corrected chi connectivity index (χ4v) is 10.2. The van der Waals surface area contributed by atoms with E-state index in [0.29, 0.717) is 23.8 Å². The lowest BCUT2D eigenvalue weighted by Gasteiger charge is -2.32. The minimum absolute atomic E-state index is 0.148.